The smallest absolute Gasteiger partial charge is 0.337 e. The highest BCUT2D eigenvalue weighted by molar-refractivity contribution is 7.15. The van der Waals surface area contributed by atoms with Crippen LogP contribution < -0.4 is 5.32 Å². The van der Waals surface area contributed by atoms with Crippen molar-refractivity contribution < 1.29 is 23.1 Å². The van der Waals surface area contributed by atoms with Gasteiger partial charge in [-0.2, -0.15) is 0 Å². The summed E-state index contributed by atoms with van der Waals surface area (Å²) in [5, 5.41) is 8.80. The van der Waals surface area contributed by atoms with Gasteiger partial charge in [-0.1, -0.05) is 23.5 Å². The van der Waals surface area contributed by atoms with Crippen LogP contribution in [0.4, 0.5) is 13.9 Å². The zero-order chi connectivity index (χ0) is 16.8. The number of hydrogen-bond acceptors (Lipinski definition) is 6. The molecule has 0 radical (unpaired) electrons. The third-order valence-corrected chi connectivity index (χ3v) is 3.74. The fourth-order valence-corrected chi connectivity index (χ4v) is 2.35. The van der Waals surface area contributed by atoms with E-state index in [0.717, 1.165) is 5.56 Å². The van der Waals surface area contributed by atoms with E-state index in [1.165, 1.54) is 7.11 Å². The average Bonchev–Trinajstić information content (AvgIpc) is 3.01. The highest BCUT2D eigenvalue weighted by atomic mass is 32.1. The first-order chi connectivity index (χ1) is 11.0. The van der Waals surface area contributed by atoms with Crippen LogP contribution in [0.25, 0.3) is 0 Å². The van der Waals surface area contributed by atoms with Crippen molar-refractivity contribution in [2.45, 2.75) is 19.3 Å². The van der Waals surface area contributed by atoms with E-state index < -0.39 is 17.4 Å². The zero-order valence-electron chi connectivity index (χ0n) is 12.1. The summed E-state index contributed by atoms with van der Waals surface area (Å²) in [5.41, 5.74) is 1.28. The number of aryl methyl sites for hydroxylation is 1. The lowest BCUT2D eigenvalue weighted by Gasteiger charge is -2.03. The Morgan fingerprint density at radius 1 is 1.26 bits per heavy atom. The Morgan fingerprint density at radius 2 is 1.96 bits per heavy atom. The SMILES string of the molecule is COC(=O)c1ccc(CCC(=O)Nc2nnc(C(F)F)s2)cc1. The third kappa shape index (κ3) is 4.78. The predicted molar refractivity (Wildman–Crippen MR) is 79.6 cm³/mol. The van der Waals surface area contributed by atoms with Gasteiger partial charge < -0.3 is 10.1 Å². The van der Waals surface area contributed by atoms with Crippen molar-refractivity contribution in [1.82, 2.24) is 10.2 Å². The maximum Gasteiger partial charge on any atom is 0.337 e. The van der Waals surface area contributed by atoms with Gasteiger partial charge in [-0.15, -0.1) is 10.2 Å². The molecule has 0 saturated heterocycles. The summed E-state index contributed by atoms with van der Waals surface area (Å²) in [6.07, 6.45) is -2.11. The van der Waals surface area contributed by atoms with Crippen molar-refractivity contribution >= 4 is 28.3 Å². The fraction of sp³-hybridized carbons (Fsp3) is 0.286. The number of esters is 1. The molecule has 1 aromatic carbocycles. The molecule has 0 fully saturated rings. The summed E-state index contributed by atoms with van der Waals surface area (Å²) in [4.78, 5) is 23.0. The van der Waals surface area contributed by atoms with Crippen molar-refractivity contribution in [2.75, 3.05) is 12.4 Å². The first-order valence-electron chi connectivity index (χ1n) is 6.58. The number of alkyl halides is 2. The molecule has 0 saturated carbocycles. The highest BCUT2D eigenvalue weighted by Gasteiger charge is 2.15. The van der Waals surface area contributed by atoms with E-state index >= 15 is 0 Å². The lowest BCUT2D eigenvalue weighted by atomic mass is 10.1. The Morgan fingerprint density at radius 3 is 2.52 bits per heavy atom. The Bertz CT molecular complexity index is 689. The highest BCUT2D eigenvalue weighted by Crippen LogP contribution is 2.25. The minimum absolute atomic E-state index is 0.0475. The first kappa shape index (κ1) is 16.9. The minimum Gasteiger partial charge on any atom is -0.465 e. The van der Waals surface area contributed by atoms with Gasteiger partial charge in [-0.3, -0.25) is 4.79 Å². The monoisotopic (exact) mass is 341 g/mol. The number of aromatic nitrogens is 2. The summed E-state index contributed by atoms with van der Waals surface area (Å²) >= 11 is 0.643. The van der Waals surface area contributed by atoms with E-state index in [9.17, 15) is 18.4 Å². The molecule has 1 N–H and O–H groups in total. The Kier molecular flexibility index (Phi) is 5.69. The van der Waals surface area contributed by atoms with E-state index in [1.54, 1.807) is 24.3 Å². The molecule has 1 heterocycles. The van der Waals surface area contributed by atoms with Crippen molar-refractivity contribution in [2.24, 2.45) is 0 Å². The van der Waals surface area contributed by atoms with E-state index in [2.05, 4.69) is 20.3 Å². The summed E-state index contributed by atoms with van der Waals surface area (Å²) in [6, 6.07) is 6.66. The number of amides is 1. The number of nitrogens with one attached hydrogen (secondary N) is 1. The molecule has 0 aliphatic carbocycles. The fourth-order valence-electron chi connectivity index (χ4n) is 1.74. The van der Waals surface area contributed by atoms with E-state index in [0.29, 0.717) is 23.3 Å². The number of carbonyl (C=O) groups is 2. The molecule has 0 aliphatic heterocycles. The first-order valence-corrected chi connectivity index (χ1v) is 7.40. The molecule has 0 unspecified atom stereocenters. The minimum atomic E-state index is -2.70. The molecule has 122 valence electrons. The molecule has 2 rings (SSSR count). The van der Waals surface area contributed by atoms with Gasteiger partial charge in [0.05, 0.1) is 12.7 Å². The number of hydrogen-bond donors (Lipinski definition) is 1. The molecule has 0 bridgehead atoms. The molecular weight excluding hydrogens is 328 g/mol. The lowest BCUT2D eigenvalue weighted by molar-refractivity contribution is -0.116. The predicted octanol–water partition coefficient (Wildman–Crippen LogP) is 2.83. The summed E-state index contributed by atoms with van der Waals surface area (Å²) in [5.74, 6) is -0.778. The van der Waals surface area contributed by atoms with Crippen LogP contribution in [0.3, 0.4) is 0 Å². The van der Waals surface area contributed by atoms with Crippen molar-refractivity contribution in [3.8, 4) is 0 Å². The van der Waals surface area contributed by atoms with Gasteiger partial charge in [0.15, 0.2) is 5.01 Å². The molecular formula is C14H13F2N3O3S. The maximum absolute atomic E-state index is 12.4. The maximum atomic E-state index is 12.4. The molecule has 0 atom stereocenters. The van der Waals surface area contributed by atoms with Crippen LogP contribution >= 0.6 is 11.3 Å². The number of rotatable bonds is 6. The molecule has 1 amide bonds. The summed E-state index contributed by atoms with van der Waals surface area (Å²) < 4.78 is 29.3. The molecule has 23 heavy (non-hydrogen) atoms. The molecule has 9 heteroatoms. The van der Waals surface area contributed by atoms with Crippen LogP contribution in [0.1, 0.15) is 33.8 Å². The number of methoxy groups -OCH3 is 1. The standard InChI is InChI=1S/C14H13F2N3O3S/c1-22-13(21)9-5-2-8(3-6-9)4-7-10(20)17-14-19-18-12(23-14)11(15)16/h2-3,5-6,11H,4,7H2,1H3,(H,17,19,20). The molecule has 0 spiro atoms. The van der Waals surface area contributed by atoms with Crippen molar-refractivity contribution in [1.29, 1.82) is 0 Å². The van der Waals surface area contributed by atoms with Crippen LogP contribution in [0, 0.1) is 0 Å². The van der Waals surface area contributed by atoms with Crippen molar-refractivity contribution in [3.63, 3.8) is 0 Å². The second-order valence-corrected chi connectivity index (χ2v) is 5.49. The van der Waals surface area contributed by atoms with Crippen LogP contribution in [0.15, 0.2) is 24.3 Å². The number of benzene rings is 1. The number of carbonyl (C=O) groups excluding carboxylic acids is 2. The van der Waals surface area contributed by atoms with Gasteiger partial charge in [0, 0.05) is 6.42 Å². The van der Waals surface area contributed by atoms with Gasteiger partial charge in [0.25, 0.3) is 6.43 Å². The normalized spacial score (nSPS) is 10.6. The van der Waals surface area contributed by atoms with E-state index in [4.69, 9.17) is 0 Å². The second-order valence-electron chi connectivity index (χ2n) is 4.48. The number of anilines is 1. The third-order valence-electron chi connectivity index (χ3n) is 2.89. The van der Waals surface area contributed by atoms with Crippen LogP contribution in [0.2, 0.25) is 0 Å². The zero-order valence-corrected chi connectivity index (χ0v) is 12.9. The second kappa shape index (κ2) is 7.73. The summed E-state index contributed by atoms with van der Waals surface area (Å²) in [6.45, 7) is 0. The van der Waals surface area contributed by atoms with Gasteiger partial charge in [-0.25, -0.2) is 13.6 Å². The Hall–Kier alpha value is -2.42. The number of ether oxygens (including phenoxy) is 1. The van der Waals surface area contributed by atoms with E-state index in [1.807, 2.05) is 0 Å². The summed E-state index contributed by atoms with van der Waals surface area (Å²) in [7, 11) is 1.30. The van der Waals surface area contributed by atoms with Gasteiger partial charge in [0.2, 0.25) is 11.0 Å². The average molecular weight is 341 g/mol. The van der Waals surface area contributed by atoms with Gasteiger partial charge in [0.1, 0.15) is 0 Å². The molecule has 1 aromatic heterocycles. The van der Waals surface area contributed by atoms with E-state index in [-0.39, 0.29) is 17.5 Å². The van der Waals surface area contributed by atoms with Crippen LogP contribution in [0.5, 0.6) is 0 Å². The van der Waals surface area contributed by atoms with Crippen LogP contribution in [-0.4, -0.2) is 29.2 Å². The van der Waals surface area contributed by atoms with Gasteiger partial charge in [-0.05, 0) is 24.1 Å². The molecule has 0 aliphatic rings. The Balaban J connectivity index is 1.85. The molecule has 2 aromatic rings. The quantitative estimate of drug-likeness (QED) is 0.817. The van der Waals surface area contributed by atoms with Crippen molar-refractivity contribution in [3.05, 3.63) is 40.4 Å². The van der Waals surface area contributed by atoms with Crippen LogP contribution in [-0.2, 0) is 16.0 Å². The largest absolute Gasteiger partial charge is 0.465 e. The lowest BCUT2D eigenvalue weighted by Crippen LogP contribution is -2.12. The molecule has 6 nitrogen and oxygen atoms in total. The Labute approximate surface area is 134 Å². The topological polar surface area (TPSA) is 81.2 Å². The van der Waals surface area contributed by atoms with Gasteiger partial charge >= 0.3 is 5.97 Å². The number of halogens is 2. The number of nitrogens with zero attached hydrogens (tertiary/aromatic N) is 2.